The van der Waals surface area contributed by atoms with Crippen molar-refractivity contribution in [3.63, 3.8) is 0 Å². The summed E-state index contributed by atoms with van der Waals surface area (Å²) in [4.78, 5) is 4.43. The number of halogens is 5. The van der Waals surface area contributed by atoms with E-state index in [9.17, 15) is 24.1 Å². The first-order valence-corrected chi connectivity index (χ1v) is 12.7. The van der Waals surface area contributed by atoms with Gasteiger partial charge in [-0.2, -0.15) is 5.10 Å². The smallest absolute Gasteiger partial charge is 0.164 e. The number of aliphatic hydroxyl groups excluding tert-OH is 3. The fourth-order valence-corrected chi connectivity index (χ4v) is 5.02. The molecular formula is C23H19BrCl2F2N6O4. The molecule has 5 rings (SSSR count). The van der Waals surface area contributed by atoms with Crippen molar-refractivity contribution in [3.05, 3.63) is 74.3 Å². The standard InChI is InChI=1S/C23H19BrCl2F2N6O4/c1-9-29-23(34(31-9)16-6-11(25)2-3-12(16)24)22-21(37)19(20(36)17(8-35)38-22)33-7-15(30-32-33)10-4-13(27)18(26)14(28)5-10/h2-7,17,19-22,35-37H,8H2,1H3/t17-,19+,20+,21-,22-/m1/s1. The molecule has 3 heterocycles. The summed E-state index contributed by atoms with van der Waals surface area (Å²) in [6.45, 7) is 1.06. The molecule has 0 radical (unpaired) electrons. The summed E-state index contributed by atoms with van der Waals surface area (Å²) in [6, 6.07) is 5.83. The van der Waals surface area contributed by atoms with E-state index in [0.29, 0.717) is 21.0 Å². The number of nitrogens with zero attached hydrogens (tertiary/aromatic N) is 6. The Bertz CT molecular complexity index is 1480. The maximum atomic E-state index is 14.0. The average molecular weight is 632 g/mol. The Morgan fingerprint density at radius 3 is 2.50 bits per heavy atom. The number of benzene rings is 2. The fraction of sp³-hybridized carbons (Fsp3) is 0.304. The quantitative estimate of drug-likeness (QED) is 0.285. The van der Waals surface area contributed by atoms with Gasteiger partial charge in [0.25, 0.3) is 0 Å². The third-order valence-corrected chi connectivity index (χ3v) is 7.38. The van der Waals surface area contributed by atoms with E-state index in [1.807, 2.05) is 0 Å². The highest BCUT2D eigenvalue weighted by Gasteiger charge is 2.48. The predicted octanol–water partition coefficient (Wildman–Crippen LogP) is 3.58. The summed E-state index contributed by atoms with van der Waals surface area (Å²) >= 11 is 15.2. The molecule has 0 amide bonds. The molecule has 1 aliphatic rings. The fourth-order valence-electron chi connectivity index (χ4n) is 4.33. The van der Waals surface area contributed by atoms with Crippen molar-refractivity contribution in [2.45, 2.75) is 37.4 Å². The van der Waals surface area contributed by atoms with Crippen LogP contribution in [0.15, 0.2) is 41.0 Å². The molecule has 4 aromatic rings. The molecular weight excluding hydrogens is 613 g/mol. The second-order valence-corrected chi connectivity index (χ2v) is 10.3. The summed E-state index contributed by atoms with van der Waals surface area (Å²) in [5, 5.41) is 44.4. The number of hydrogen-bond acceptors (Lipinski definition) is 8. The van der Waals surface area contributed by atoms with Crippen molar-refractivity contribution >= 4 is 39.1 Å². The number of aromatic nitrogens is 6. The number of aliphatic hydroxyl groups is 3. The van der Waals surface area contributed by atoms with Gasteiger partial charge in [0.1, 0.15) is 58.6 Å². The van der Waals surface area contributed by atoms with Crippen molar-refractivity contribution < 1.29 is 28.8 Å². The number of hydrogen-bond donors (Lipinski definition) is 3. The minimum atomic E-state index is -1.47. The highest BCUT2D eigenvalue weighted by atomic mass is 79.9. The van der Waals surface area contributed by atoms with E-state index in [2.05, 4.69) is 36.3 Å². The van der Waals surface area contributed by atoms with Crippen LogP contribution in [0.4, 0.5) is 8.78 Å². The Kier molecular flexibility index (Phi) is 7.52. The molecule has 2 aromatic heterocycles. The summed E-state index contributed by atoms with van der Waals surface area (Å²) in [5.74, 6) is -1.43. The molecule has 1 aliphatic heterocycles. The molecule has 0 aliphatic carbocycles. The zero-order valence-corrected chi connectivity index (χ0v) is 22.5. The van der Waals surface area contributed by atoms with E-state index in [-0.39, 0.29) is 17.1 Å². The van der Waals surface area contributed by atoms with Gasteiger partial charge in [-0.1, -0.05) is 28.4 Å². The number of ether oxygens (including phenoxy) is 1. The second kappa shape index (κ2) is 10.6. The van der Waals surface area contributed by atoms with E-state index < -0.39 is 53.7 Å². The topological polar surface area (TPSA) is 131 Å². The molecule has 1 fully saturated rings. The van der Waals surface area contributed by atoms with Gasteiger partial charge in [0.05, 0.1) is 18.5 Å². The van der Waals surface area contributed by atoms with Crippen LogP contribution >= 0.6 is 39.1 Å². The molecule has 10 nitrogen and oxygen atoms in total. The molecule has 0 unspecified atom stereocenters. The highest BCUT2D eigenvalue weighted by molar-refractivity contribution is 9.10. The predicted molar refractivity (Wildman–Crippen MR) is 135 cm³/mol. The zero-order valence-electron chi connectivity index (χ0n) is 19.4. The number of aryl methyl sites for hydroxylation is 1. The maximum Gasteiger partial charge on any atom is 0.164 e. The first-order chi connectivity index (χ1) is 18.1. The van der Waals surface area contributed by atoms with Crippen molar-refractivity contribution in [1.82, 2.24) is 29.8 Å². The van der Waals surface area contributed by atoms with Gasteiger partial charge in [0.15, 0.2) is 5.82 Å². The number of rotatable bonds is 5. The van der Waals surface area contributed by atoms with Gasteiger partial charge in [-0.05, 0) is 53.2 Å². The van der Waals surface area contributed by atoms with Crippen molar-refractivity contribution in [3.8, 4) is 16.9 Å². The molecule has 38 heavy (non-hydrogen) atoms. The Labute approximate surface area is 232 Å². The van der Waals surface area contributed by atoms with Crippen molar-refractivity contribution in [2.24, 2.45) is 0 Å². The molecule has 3 N–H and O–H groups in total. The Hall–Kier alpha value is -2.52. The zero-order chi connectivity index (χ0) is 27.3. The minimum absolute atomic E-state index is 0.0446. The lowest BCUT2D eigenvalue weighted by Crippen LogP contribution is -2.53. The van der Waals surface area contributed by atoms with Gasteiger partial charge in [0, 0.05) is 15.1 Å². The summed E-state index contributed by atoms with van der Waals surface area (Å²) in [5.41, 5.74) is 0.620. The van der Waals surface area contributed by atoms with E-state index in [0.717, 1.165) is 16.8 Å². The second-order valence-electron chi connectivity index (χ2n) is 8.61. The van der Waals surface area contributed by atoms with Gasteiger partial charge < -0.3 is 20.1 Å². The molecule has 0 saturated carbocycles. The van der Waals surface area contributed by atoms with E-state index >= 15 is 0 Å². The van der Waals surface area contributed by atoms with Crippen molar-refractivity contribution in [2.75, 3.05) is 6.61 Å². The Morgan fingerprint density at radius 1 is 1.11 bits per heavy atom. The molecule has 15 heteroatoms. The van der Waals surface area contributed by atoms with Gasteiger partial charge in [-0.15, -0.1) is 5.10 Å². The van der Waals surface area contributed by atoms with E-state index in [4.69, 9.17) is 27.9 Å². The van der Waals surface area contributed by atoms with Crippen LogP contribution in [0.5, 0.6) is 0 Å². The first kappa shape index (κ1) is 27.1. The summed E-state index contributed by atoms with van der Waals surface area (Å²) < 4.78 is 37.1. The lowest BCUT2D eigenvalue weighted by atomic mass is 9.92. The molecule has 2 aromatic carbocycles. The Balaban J connectivity index is 1.55. The van der Waals surface area contributed by atoms with Crippen LogP contribution in [-0.2, 0) is 4.74 Å². The monoisotopic (exact) mass is 630 g/mol. The van der Waals surface area contributed by atoms with Crippen LogP contribution in [0.2, 0.25) is 10.0 Å². The van der Waals surface area contributed by atoms with E-state index in [1.165, 1.54) is 10.9 Å². The van der Waals surface area contributed by atoms with Crippen LogP contribution in [-0.4, -0.2) is 70.0 Å². The first-order valence-electron chi connectivity index (χ1n) is 11.2. The van der Waals surface area contributed by atoms with Crippen LogP contribution in [0.3, 0.4) is 0 Å². The normalized spacial score (nSPS) is 23.7. The molecule has 0 spiro atoms. The largest absolute Gasteiger partial charge is 0.394 e. The van der Waals surface area contributed by atoms with Gasteiger partial charge in [-0.25, -0.2) is 23.1 Å². The summed E-state index contributed by atoms with van der Waals surface area (Å²) in [7, 11) is 0. The third kappa shape index (κ3) is 4.83. The van der Waals surface area contributed by atoms with Gasteiger partial charge in [0.2, 0.25) is 0 Å². The maximum absolute atomic E-state index is 14.0. The van der Waals surface area contributed by atoms with Crippen LogP contribution in [0.25, 0.3) is 16.9 Å². The lowest BCUT2D eigenvalue weighted by Gasteiger charge is -2.41. The Morgan fingerprint density at radius 2 is 1.82 bits per heavy atom. The lowest BCUT2D eigenvalue weighted by molar-refractivity contribution is -0.210. The van der Waals surface area contributed by atoms with Crippen LogP contribution in [0.1, 0.15) is 23.8 Å². The average Bonchev–Trinajstić information content (AvgIpc) is 3.51. The molecule has 0 bridgehead atoms. The highest BCUT2D eigenvalue weighted by Crippen LogP contribution is 2.39. The van der Waals surface area contributed by atoms with Gasteiger partial charge >= 0.3 is 0 Å². The molecule has 200 valence electrons. The molecule has 1 saturated heterocycles. The third-order valence-electron chi connectivity index (χ3n) is 6.12. The SMILES string of the molecule is Cc1nc([C@@H]2O[C@H](CO)[C@H](O)[C@H](n3cc(-c4cc(F)c(Cl)c(F)c4)nn3)[C@H]2O)n(-c2cc(Cl)ccc2Br)n1. The summed E-state index contributed by atoms with van der Waals surface area (Å²) in [6.07, 6.45) is -3.94. The minimum Gasteiger partial charge on any atom is -0.394 e. The van der Waals surface area contributed by atoms with Crippen molar-refractivity contribution in [1.29, 1.82) is 0 Å². The van der Waals surface area contributed by atoms with Crippen LogP contribution < -0.4 is 0 Å². The molecule has 5 atom stereocenters. The van der Waals surface area contributed by atoms with Gasteiger partial charge in [-0.3, -0.25) is 0 Å². The van der Waals surface area contributed by atoms with E-state index in [1.54, 1.807) is 25.1 Å². The van der Waals surface area contributed by atoms with Crippen LogP contribution in [0, 0.1) is 18.6 Å².